The average molecular weight is 492 g/mol. The number of aryl methyl sites for hydroxylation is 1. The van der Waals surface area contributed by atoms with Crippen molar-refractivity contribution in [2.45, 2.75) is 19.4 Å². The van der Waals surface area contributed by atoms with E-state index in [-0.39, 0.29) is 11.9 Å². The second-order valence-corrected chi connectivity index (χ2v) is 9.15. The van der Waals surface area contributed by atoms with Crippen LogP contribution in [0, 0.1) is 5.92 Å². The van der Waals surface area contributed by atoms with Gasteiger partial charge in [-0.05, 0) is 11.1 Å². The first-order valence-electron chi connectivity index (χ1n) is 11.9. The number of rotatable bonds is 6. The molecule has 0 aliphatic heterocycles. The number of amides is 1. The number of methoxy groups -OCH3 is 1. The summed E-state index contributed by atoms with van der Waals surface area (Å²) in [5, 5.41) is 8.60. The minimum atomic E-state index is -0.325. The third-order valence-corrected chi connectivity index (χ3v) is 6.62. The highest BCUT2D eigenvalue weighted by Crippen LogP contribution is 2.43. The predicted molar refractivity (Wildman–Crippen MR) is 139 cm³/mol. The number of hydrogen-bond donors (Lipinski definition) is 1. The fourth-order valence-electron chi connectivity index (χ4n) is 4.62. The van der Waals surface area contributed by atoms with Crippen molar-refractivity contribution in [1.29, 1.82) is 0 Å². The van der Waals surface area contributed by atoms with Crippen LogP contribution in [0.2, 0.25) is 0 Å². The lowest BCUT2D eigenvalue weighted by Gasteiger charge is -2.12. The van der Waals surface area contributed by atoms with E-state index < -0.39 is 0 Å². The molecule has 0 bridgehead atoms. The summed E-state index contributed by atoms with van der Waals surface area (Å²) < 4.78 is 9.68. The quantitative estimate of drug-likeness (QED) is 0.283. The summed E-state index contributed by atoms with van der Waals surface area (Å²) in [5.74, 6) is 1.62. The maximum atomic E-state index is 13.0. The molecule has 0 spiro atoms. The third-order valence-electron chi connectivity index (χ3n) is 6.62. The van der Waals surface area contributed by atoms with E-state index in [0.29, 0.717) is 17.0 Å². The molecule has 1 atom stereocenters. The minimum Gasteiger partial charge on any atom is -0.494 e. The number of ether oxygens (including phenoxy) is 1. The van der Waals surface area contributed by atoms with Gasteiger partial charge in [-0.3, -0.25) is 9.48 Å². The fourth-order valence-corrected chi connectivity index (χ4v) is 4.62. The van der Waals surface area contributed by atoms with Crippen molar-refractivity contribution in [3.05, 3.63) is 85.2 Å². The number of nitrogens with one attached hydrogen (secondary N) is 1. The first kappa shape index (κ1) is 22.7. The van der Waals surface area contributed by atoms with Crippen LogP contribution in [0.15, 0.2) is 73.7 Å². The van der Waals surface area contributed by atoms with Crippen molar-refractivity contribution in [2.75, 3.05) is 12.4 Å². The van der Waals surface area contributed by atoms with Crippen molar-refractivity contribution in [3.8, 4) is 28.3 Å². The summed E-state index contributed by atoms with van der Waals surface area (Å²) in [4.78, 5) is 25.8. The van der Waals surface area contributed by atoms with E-state index >= 15 is 0 Å². The molecule has 5 aromatic rings. The smallest absolute Gasteiger partial charge is 0.291 e. The van der Waals surface area contributed by atoms with Gasteiger partial charge in [-0.1, -0.05) is 30.3 Å². The Hall–Kier alpha value is -4.79. The summed E-state index contributed by atoms with van der Waals surface area (Å²) in [5.41, 5.74) is 5.37. The van der Waals surface area contributed by atoms with Crippen molar-refractivity contribution >= 4 is 22.5 Å². The molecular formula is C28H25N7O2+2. The second-order valence-electron chi connectivity index (χ2n) is 9.15. The third kappa shape index (κ3) is 4.14. The summed E-state index contributed by atoms with van der Waals surface area (Å²) in [6, 6.07) is 14.2. The number of anilines is 1. The SMILES string of the molecule is COc1cc2c(cc1NC(=O)c1cncnc1)c(-c1cn(C)nc1-c1ccccc1)nc[n+]2C1C[C+]1C. The molecule has 0 saturated heterocycles. The van der Waals surface area contributed by atoms with E-state index in [1.165, 1.54) is 24.6 Å². The molecule has 3 aromatic heterocycles. The van der Waals surface area contributed by atoms with Gasteiger partial charge in [0, 0.05) is 37.3 Å². The zero-order valence-electron chi connectivity index (χ0n) is 20.7. The molecule has 1 N–H and O–H groups in total. The van der Waals surface area contributed by atoms with Gasteiger partial charge in [0.2, 0.25) is 0 Å². The van der Waals surface area contributed by atoms with Gasteiger partial charge in [-0.15, -0.1) is 0 Å². The highest BCUT2D eigenvalue weighted by Gasteiger charge is 2.54. The van der Waals surface area contributed by atoms with Gasteiger partial charge < -0.3 is 10.1 Å². The van der Waals surface area contributed by atoms with Crippen LogP contribution in [0.1, 0.15) is 29.7 Å². The van der Waals surface area contributed by atoms with E-state index in [1.807, 2.05) is 62.0 Å². The average Bonchev–Trinajstić information content (AvgIpc) is 3.53. The molecule has 6 rings (SSSR count). The van der Waals surface area contributed by atoms with Crippen LogP contribution in [0.25, 0.3) is 33.4 Å². The number of nitrogens with zero attached hydrogens (tertiary/aromatic N) is 6. The summed E-state index contributed by atoms with van der Waals surface area (Å²) in [6.07, 6.45) is 9.22. The van der Waals surface area contributed by atoms with Crippen molar-refractivity contribution < 1.29 is 14.1 Å². The molecule has 1 unspecified atom stereocenters. The van der Waals surface area contributed by atoms with E-state index in [9.17, 15) is 4.79 Å². The molecule has 0 radical (unpaired) electrons. The fraction of sp³-hybridized carbons (Fsp3) is 0.179. The minimum absolute atomic E-state index is 0.290. The lowest BCUT2D eigenvalue weighted by molar-refractivity contribution is -0.675. The Morgan fingerprint density at radius 1 is 1.16 bits per heavy atom. The standard InChI is InChI=1S/C28H24N7O2/c1-17-9-23(17)35-16-31-27(21-14-34(2)33-26(21)18-7-5-4-6-8-18)20-10-22(25(37-3)11-24(20)35)32-28(36)19-12-29-15-30-13-19/h4-8,10-16,23H,9H2,1-3H3/q+1/p+1. The van der Waals surface area contributed by atoms with Crippen LogP contribution >= 0.6 is 0 Å². The molecule has 1 aliphatic rings. The van der Waals surface area contributed by atoms with Crippen LogP contribution in [0.4, 0.5) is 5.69 Å². The van der Waals surface area contributed by atoms with E-state index in [1.54, 1.807) is 11.8 Å². The zero-order valence-corrected chi connectivity index (χ0v) is 20.7. The molecule has 2 aromatic carbocycles. The molecule has 1 saturated carbocycles. The molecule has 9 nitrogen and oxygen atoms in total. The van der Waals surface area contributed by atoms with Crippen LogP contribution in [-0.2, 0) is 7.05 Å². The Morgan fingerprint density at radius 2 is 1.92 bits per heavy atom. The molecule has 1 fully saturated rings. The number of fused-ring (bicyclic) bond motifs is 1. The van der Waals surface area contributed by atoms with Crippen LogP contribution in [0.3, 0.4) is 0 Å². The molecule has 37 heavy (non-hydrogen) atoms. The van der Waals surface area contributed by atoms with Gasteiger partial charge in [0.25, 0.3) is 18.3 Å². The van der Waals surface area contributed by atoms with Crippen molar-refractivity contribution in [3.63, 3.8) is 0 Å². The Labute approximate surface area is 213 Å². The molecule has 9 heteroatoms. The first-order valence-corrected chi connectivity index (χ1v) is 11.9. The normalized spacial score (nSPS) is 14.6. The van der Waals surface area contributed by atoms with Gasteiger partial charge in [0.05, 0.1) is 36.2 Å². The van der Waals surface area contributed by atoms with Gasteiger partial charge >= 0.3 is 0 Å². The van der Waals surface area contributed by atoms with E-state index in [4.69, 9.17) is 14.8 Å². The molecule has 3 heterocycles. The molecule has 1 amide bonds. The Kier molecular flexibility index (Phi) is 5.52. The maximum absolute atomic E-state index is 13.0. The van der Waals surface area contributed by atoms with Crippen molar-refractivity contribution in [1.82, 2.24) is 24.7 Å². The largest absolute Gasteiger partial charge is 0.494 e. The zero-order chi connectivity index (χ0) is 25.5. The lowest BCUT2D eigenvalue weighted by atomic mass is 10.0. The molecule has 1 aliphatic carbocycles. The van der Waals surface area contributed by atoms with Crippen LogP contribution in [0.5, 0.6) is 5.75 Å². The number of carbonyl (C=O) groups is 1. The van der Waals surface area contributed by atoms with Crippen LogP contribution < -0.4 is 14.6 Å². The Balaban J connectivity index is 1.55. The van der Waals surface area contributed by atoms with Crippen LogP contribution in [-0.4, -0.2) is 37.7 Å². The van der Waals surface area contributed by atoms with Crippen molar-refractivity contribution in [2.24, 2.45) is 7.05 Å². The van der Waals surface area contributed by atoms with Gasteiger partial charge in [-0.25, -0.2) is 9.97 Å². The molecule has 182 valence electrons. The van der Waals surface area contributed by atoms with Gasteiger partial charge in [0.1, 0.15) is 29.2 Å². The topological polar surface area (TPSA) is 98.7 Å². The summed E-state index contributed by atoms with van der Waals surface area (Å²) >= 11 is 0. The van der Waals surface area contributed by atoms with Gasteiger partial charge in [0.15, 0.2) is 12.1 Å². The summed E-state index contributed by atoms with van der Waals surface area (Å²) in [6.45, 7) is 2.15. The highest BCUT2D eigenvalue weighted by molar-refractivity contribution is 6.07. The number of hydrogen-bond acceptors (Lipinski definition) is 6. The summed E-state index contributed by atoms with van der Waals surface area (Å²) in [7, 11) is 3.50. The highest BCUT2D eigenvalue weighted by atomic mass is 16.5. The monoisotopic (exact) mass is 491 g/mol. The number of aromatic nitrogens is 6. The number of carbonyl (C=O) groups excluding carboxylic acids is 1. The van der Waals surface area contributed by atoms with Gasteiger partial charge in [-0.2, -0.15) is 9.67 Å². The number of benzene rings is 2. The van der Waals surface area contributed by atoms with E-state index in [0.717, 1.165) is 39.8 Å². The predicted octanol–water partition coefficient (Wildman–Crippen LogP) is 4.18. The Morgan fingerprint density at radius 3 is 2.62 bits per heavy atom. The second kappa shape index (κ2) is 9.02. The van der Waals surface area contributed by atoms with E-state index in [2.05, 4.69) is 26.8 Å². The Bertz CT molecular complexity index is 1620. The first-order chi connectivity index (χ1) is 18.0. The maximum Gasteiger partial charge on any atom is 0.291 e. The lowest BCUT2D eigenvalue weighted by Crippen LogP contribution is -2.34. The molecular weight excluding hydrogens is 466 g/mol.